The molecule has 4 nitrogen and oxygen atoms in total. The molecular weight excluding hydrogens is 362 g/mol. The lowest BCUT2D eigenvalue weighted by Gasteiger charge is -2.10. The van der Waals surface area contributed by atoms with E-state index in [1.165, 1.54) is 6.07 Å². The van der Waals surface area contributed by atoms with E-state index in [-0.39, 0.29) is 5.69 Å². The molecule has 140 valence electrons. The fraction of sp³-hybridized carbons (Fsp3) is 0.0400. The van der Waals surface area contributed by atoms with Crippen LogP contribution in [0.2, 0.25) is 0 Å². The molecular formula is C25H17NO3. The third-order valence-electron chi connectivity index (χ3n) is 4.37. The lowest BCUT2D eigenvalue weighted by atomic mass is 10.1. The number of para-hydroxylation sites is 1. The first-order valence-corrected chi connectivity index (χ1v) is 9.11. The zero-order valence-electron chi connectivity index (χ0n) is 15.5. The normalized spacial score (nSPS) is 10.2. The standard InChI is InChI=1S/C25H17NO3/c27-25(28)22-16-20(15-14-18-8-3-1-4-9-18)21-12-7-13-23(24(21)26-22)29-17-19-10-5-2-6-11-19/h1-13,16H,17H2,(H,27,28). The zero-order valence-corrected chi connectivity index (χ0v) is 15.5. The molecule has 0 unspecified atom stereocenters. The number of nitrogens with zero attached hydrogens (tertiary/aromatic N) is 1. The van der Waals surface area contributed by atoms with E-state index in [9.17, 15) is 9.90 Å². The van der Waals surface area contributed by atoms with Crippen molar-refractivity contribution in [2.75, 3.05) is 0 Å². The van der Waals surface area contributed by atoms with Crippen molar-refractivity contribution in [3.8, 4) is 17.6 Å². The third-order valence-corrected chi connectivity index (χ3v) is 4.37. The Balaban J connectivity index is 1.78. The van der Waals surface area contributed by atoms with Crippen LogP contribution in [0.15, 0.2) is 84.9 Å². The Morgan fingerprint density at radius 3 is 2.34 bits per heavy atom. The number of hydrogen-bond donors (Lipinski definition) is 1. The summed E-state index contributed by atoms with van der Waals surface area (Å²) in [6.07, 6.45) is 0. The predicted molar refractivity (Wildman–Crippen MR) is 112 cm³/mol. The van der Waals surface area contributed by atoms with E-state index < -0.39 is 5.97 Å². The molecule has 0 atom stereocenters. The summed E-state index contributed by atoms with van der Waals surface area (Å²) in [7, 11) is 0. The van der Waals surface area contributed by atoms with Crippen LogP contribution in [0.4, 0.5) is 0 Å². The number of hydrogen-bond acceptors (Lipinski definition) is 3. The highest BCUT2D eigenvalue weighted by molar-refractivity contribution is 5.95. The molecule has 1 N–H and O–H groups in total. The second-order valence-corrected chi connectivity index (χ2v) is 6.40. The van der Waals surface area contributed by atoms with Crippen LogP contribution in [0, 0.1) is 11.8 Å². The van der Waals surface area contributed by atoms with Gasteiger partial charge in [0, 0.05) is 16.5 Å². The van der Waals surface area contributed by atoms with Gasteiger partial charge in [0.1, 0.15) is 23.6 Å². The zero-order chi connectivity index (χ0) is 20.1. The van der Waals surface area contributed by atoms with Crippen molar-refractivity contribution in [1.82, 2.24) is 4.98 Å². The van der Waals surface area contributed by atoms with Crippen LogP contribution in [-0.2, 0) is 6.61 Å². The molecule has 4 aromatic rings. The summed E-state index contributed by atoms with van der Waals surface area (Å²) in [5, 5.41) is 10.3. The summed E-state index contributed by atoms with van der Waals surface area (Å²) in [6.45, 7) is 0.365. The molecule has 29 heavy (non-hydrogen) atoms. The highest BCUT2D eigenvalue weighted by atomic mass is 16.5. The van der Waals surface area contributed by atoms with Crippen LogP contribution >= 0.6 is 0 Å². The number of aromatic carboxylic acids is 1. The lowest BCUT2D eigenvalue weighted by molar-refractivity contribution is 0.0691. The van der Waals surface area contributed by atoms with Crippen molar-refractivity contribution in [3.63, 3.8) is 0 Å². The van der Waals surface area contributed by atoms with Crippen molar-refractivity contribution in [3.05, 3.63) is 107 Å². The number of fused-ring (bicyclic) bond motifs is 1. The average molecular weight is 379 g/mol. The maximum absolute atomic E-state index is 11.6. The Hall–Kier alpha value is -4.10. The maximum Gasteiger partial charge on any atom is 0.354 e. The topological polar surface area (TPSA) is 59.4 Å². The van der Waals surface area contributed by atoms with E-state index in [0.29, 0.717) is 23.4 Å². The molecule has 0 spiro atoms. The molecule has 3 aromatic carbocycles. The predicted octanol–water partition coefficient (Wildman–Crippen LogP) is 4.91. The summed E-state index contributed by atoms with van der Waals surface area (Å²) < 4.78 is 5.95. The number of rotatable bonds is 4. The van der Waals surface area contributed by atoms with Crippen LogP contribution in [0.25, 0.3) is 10.9 Å². The molecule has 0 aliphatic carbocycles. The monoisotopic (exact) mass is 379 g/mol. The summed E-state index contributed by atoms with van der Waals surface area (Å²) in [5.74, 6) is 5.60. The van der Waals surface area contributed by atoms with Crippen LogP contribution < -0.4 is 4.74 Å². The number of benzene rings is 3. The average Bonchev–Trinajstić information content (AvgIpc) is 2.77. The van der Waals surface area contributed by atoms with Crippen molar-refractivity contribution in [1.29, 1.82) is 0 Å². The second kappa shape index (κ2) is 8.28. The number of carboxylic acid groups (broad SMARTS) is 1. The summed E-state index contributed by atoms with van der Waals surface area (Å²) in [5.41, 5.74) is 2.89. The van der Waals surface area contributed by atoms with Gasteiger partial charge >= 0.3 is 5.97 Å². The number of aromatic nitrogens is 1. The van der Waals surface area contributed by atoms with E-state index in [0.717, 1.165) is 16.5 Å². The smallest absolute Gasteiger partial charge is 0.354 e. The Kier molecular flexibility index (Phi) is 5.22. The van der Waals surface area contributed by atoms with Gasteiger partial charge in [-0.3, -0.25) is 0 Å². The lowest BCUT2D eigenvalue weighted by Crippen LogP contribution is -2.03. The molecule has 0 aliphatic heterocycles. The van der Waals surface area contributed by atoms with Gasteiger partial charge in [0.15, 0.2) is 0 Å². The second-order valence-electron chi connectivity index (χ2n) is 6.40. The van der Waals surface area contributed by atoms with Gasteiger partial charge in [-0.1, -0.05) is 72.5 Å². The third kappa shape index (κ3) is 4.26. The van der Waals surface area contributed by atoms with E-state index in [1.54, 1.807) is 6.07 Å². The first kappa shape index (κ1) is 18.3. The molecule has 0 saturated heterocycles. The first-order valence-electron chi connectivity index (χ1n) is 9.11. The van der Waals surface area contributed by atoms with E-state index >= 15 is 0 Å². The van der Waals surface area contributed by atoms with Crippen LogP contribution in [-0.4, -0.2) is 16.1 Å². The number of pyridine rings is 1. The minimum atomic E-state index is -1.10. The Bertz CT molecular complexity index is 1220. The fourth-order valence-corrected chi connectivity index (χ4v) is 2.95. The molecule has 0 amide bonds. The van der Waals surface area contributed by atoms with Gasteiger partial charge in [-0.2, -0.15) is 0 Å². The van der Waals surface area contributed by atoms with Gasteiger partial charge in [0.2, 0.25) is 0 Å². The minimum Gasteiger partial charge on any atom is -0.487 e. The van der Waals surface area contributed by atoms with Gasteiger partial charge in [-0.05, 0) is 29.8 Å². The van der Waals surface area contributed by atoms with E-state index in [2.05, 4.69) is 16.8 Å². The molecule has 1 aromatic heterocycles. The Labute approximate surface area is 168 Å². The van der Waals surface area contributed by atoms with Crippen molar-refractivity contribution in [2.24, 2.45) is 0 Å². The number of carboxylic acids is 1. The molecule has 0 radical (unpaired) electrons. The summed E-state index contributed by atoms with van der Waals surface area (Å²) in [6, 6.07) is 26.4. The van der Waals surface area contributed by atoms with Gasteiger partial charge in [0.25, 0.3) is 0 Å². The quantitative estimate of drug-likeness (QED) is 0.512. The highest BCUT2D eigenvalue weighted by Gasteiger charge is 2.13. The van der Waals surface area contributed by atoms with Gasteiger partial charge in [0.05, 0.1) is 0 Å². The molecule has 0 aliphatic rings. The van der Waals surface area contributed by atoms with Crippen molar-refractivity contribution >= 4 is 16.9 Å². The van der Waals surface area contributed by atoms with Crippen molar-refractivity contribution in [2.45, 2.75) is 6.61 Å². The fourth-order valence-electron chi connectivity index (χ4n) is 2.95. The molecule has 4 heteroatoms. The van der Waals surface area contributed by atoms with Crippen molar-refractivity contribution < 1.29 is 14.6 Å². The largest absolute Gasteiger partial charge is 0.487 e. The maximum atomic E-state index is 11.6. The molecule has 0 saturated carbocycles. The van der Waals surface area contributed by atoms with Crippen LogP contribution in [0.3, 0.4) is 0 Å². The Morgan fingerprint density at radius 1 is 0.897 bits per heavy atom. The SMILES string of the molecule is O=C(O)c1cc(C#Cc2ccccc2)c2cccc(OCc3ccccc3)c2n1. The number of ether oxygens (including phenoxy) is 1. The molecule has 4 rings (SSSR count). The summed E-state index contributed by atoms with van der Waals surface area (Å²) in [4.78, 5) is 15.9. The molecule has 0 fully saturated rings. The van der Waals surface area contributed by atoms with E-state index in [1.807, 2.05) is 72.8 Å². The molecule has 1 heterocycles. The van der Waals surface area contributed by atoms with Crippen LogP contribution in [0.5, 0.6) is 5.75 Å². The Morgan fingerprint density at radius 2 is 1.62 bits per heavy atom. The minimum absolute atomic E-state index is 0.0642. The van der Waals surface area contributed by atoms with Gasteiger partial charge < -0.3 is 9.84 Å². The first-order chi connectivity index (χ1) is 14.2. The highest BCUT2D eigenvalue weighted by Crippen LogP contribution is 2.27. The molecule has 0 bridgehead atoms. The van der Waals surface area contributed by atoms with E-state index in [4.69, 9.17) is 4.74 Å². The van der Waals surface area contributed by atoms with Crippen LogP contribution in [0.1, 0.15) is 27.2 Å². The van der Waals surface area contributed by atoms with Gasteiger partial charge in [-0.25, -0.2) is 9.78 Å². The summed E-state index contributed by atoms with van der Waals surface area (Å²) >= 11 is 0. The van der Waals surface area contributed by atoms with Gasteiger partial charge in [-0.15, -0.1) is 0 Å². The number of carbonyl (C=O) groups is 1.